The van der Waals surface area contributed by atoms with Gasteiger partial charge in [0.1, 0.15) is 0 Å². The van der Waals surface area contributed by atoms with Crippen LogP contribution in [0.4, 0.5) is 5.13 Å². The van der Waals surface area contributed by atoms with Gasteiger partial charge in [-0.1, -0.05) is 41.7 Å². The number of thiazole rings is 1. The predicted octanol–water partition coefficient (Wildman–Crippen LogP) is 4.94. The molecule has 1 aliphatic heterocycles. The number of aryl methyl sites for hydroxylation is 2. The summed E-state index contributed by atoms with van der Waals surface area (Å²) in [5.41, 5.74) is 4.01. The first-order valence-corrected chi connectivity index (χ1v) is 14.2. The van der Waals surface area contributed by atoms with E-state index in [-0.39, 0.29) is 17.3 Å². The summed E-state index contributed by atoms with van der Waals surface area (Å²) in [6.45, 7) is 4.98. The average Bonchev–Trinajstić information content (AvgIpc) is 3.32. The van der Waals surface area contributed by atoms with Crippen molar-refractivity contribution in [2.24, 2.45) is 5.92 Å². The van der Waals surface area contributed by atoms with Crippen molar-refractivity contribution in [3.63, 3.8) is 0 Å². The van der Waals surface area contributed by atoms with Crippen LogP contribution in [-0.2, 0) is 21.4 Å². The maximum Gasteiger partial charge on any atom is 0.243 e. The van der Waals surface area contributed by atoms with Crippen molar-refractivity contribution in [1.82, 2.24) is 14.3 Å². The molecule has 1 aliphatic rings. The molecule has 1 amide bonds. The lowest BCUT2D eigenvalue weighted by Gasteiger charge is -2.33. The van der Waals surface area contributed by atoms with Crippen molar-refractivity contribution in [1.29, 1.82) is 0 Å². The molecule has 1 fully saturated rings. The molecule has 0 bridgehead atoms. The van der Waals surface area contributed by atoms with Crippen molar-refractivity contribution in [3.8, 4) is 0 Å². The second-order valence-corrected chi connectivity index (χ2v) is 12.1. The quantitative estimate of drug-likeness (QED) is 0.360. The van der Waals surface area contributed by atoms with Crippen LogP contribution < -0.4 is 4.90 Å². The van der Waals surface area contributed by atoms with E-state index < -0.39 is 15.9 Å². The van der Waals surface area contributed by atoms with Gasteiger partial charge in [-0.3, -0.25) is 14.7 Å². The Morgan fingerprint density at radius 3 is 2.69 bits per heavy atom. The van der Waals surface area contributed by atoms with Gasteiger partial charge in [-0.05, 0) is 67.6 Å². The number of piperidine rings is 1. The van der Waals surface area contributed by atoms with E-state index in [9.17, 15) is 13.2 Å². The van der Waals surface area contributed by atoms with Gasteiger partial charge in [-0.25, -0.2) is 13.4 Å². The smallest absolute Gasteiger partial charge is 0.243 e. The molecule has 2 aromatic carbocycles. The Kier molecular flexibility index (Phi) is 6.87. The first-order chi connectivity index (χ1) is 17.3. The number of pyridine rings is 1. The number of carbonyl (C=O) groups is 1. The van der Waals surface area contributed by atoms with Gasteiger partial charge in [0.05, 0.1) is 27.6 Å². The van der Waals surface area contributed by atoms with E-state index in [1.807, 2.05) is 25.1 Å². The van der Waals surface area contributed by atoms with Crippen molar-refractivity contribution >= 4 is 42.6 Å². The van der Waals surface area contributed by atoms with Crippen molar-refractivity contribution in [2.75, 3.05) is 18.0 Å². The number of amides is 1. The lowest BCUT2D eigenvalue weighted by Crippen LogP contribution is -2.46. The number of nitrogens with zero attached hydrogens (tertiary/aromatic N) is 4. The van der Waals surface area contributed by atoms with Crippen LogP contribution in [0.15, 0.2) is 71.9 Å². The molecule has 1 unspecified atom stereocenters. The molecular formula is C27H28N4O3S2. The summed E-state index contributed by atoms with van der Waals surface area (Å²) >= 11 is 1.50. The molecule has 0 spiro atoms. The third-order valence-electron chi connectivity index (χ3n) is 6.48. The van der Waals surface area contributed by atoms with Gasteiger partial charge in [0.2, 0.25) is 15.9 Å². The third-order valence-corrected chi connectivity index (χ3v) is 9.59. The maximum atomic E-state index is 14.0. The summed E-state index contributed by atoms with van der Waals surface area (Å²) in [5, 5.41) is 0.621. The Morgan fingerprint density at radius 1 is 1.14 bits per heavy atom. The first kappa shape index (κ1) is 24.5. The van der Waals surface area contributed by atoms with Gasteiger partial charge in [-0.2, -0.15) is 4.31 Å². The summed E-state index contributed by atoms with van der Waals surface area (Å²) in [6, 6.07) is 16.3. The van der Waals surface area contributed by atoms with Crippen LogP contribution in [0.25, 0.3) is 10.2 Å². The zero-order valence-corrected chi connectivity index (χ0v) is 21.9. The van der Waals surface area contributed by atoms with Crippen molar-refractivity contribution < 1.29 is 13.2 Å². The lowest BCUT2D eigenvalue weighted by atomic mass is 9.98. The molecule has 5 rings (SSSR count). The van der Waals surface area contributed by atoms with Crippen LogP contribution in [0.5, 0.6) is 0 Å². The van der Waals surface area contributed by atoms with Gasteiger partial charge in [-0.15, -0.1) is 0 Å². The molecule has 4 aromatic rings. The van der Waals surface area contributed by atoms with Crippen LogP contribution in [-0.4, -0.2) is 41.7 Å². The normalized spacial score (nSPS) is 16.8. The van der Waals surface area contributed by atoms with Crippen LogP contribution in [0.3, 0.4) is 0 Å². The fourth-order valence-electron chi connectivity index (χ4n) is 4.72. The molecule has 0 saturated carbocycles. The number of benzene rings is 2. The molecular weight excluding hydrogens is 492 g/mol. The zero-order valence-electron chi connectivity index (χ0n) is 20.3. The topological polar surface area (TPSA) is 83.5 Å². The highest BCUT2D eigenvalue weighted by Crippen LogP contribution is 2.35. The lowest BCUT2D eigenvalue weighted by molar-refractivity contribution is -0.123. The molecule has 1 atom stereocenters. The summed E-state index contributed by atoms with van der Waals surface area (Å²) in [4.78, 5) is 25.0. The standard InChI is InChI=1S/C27H28N4O3S2/c1-19-14-20(2)25-24(15-19)29-27(35-25)31(17-21-8-6-12-28-16-21)26(32)22-9-7-13-30(18-22)36(33,34)23-10-4-3-5-11-23/h3-6,8,10-12,14-16,22H,7,9,13,17-18H2,1-2H3. The van der Waals surface area contributed by atoms with E-state index in [2.05, 4.69) is 18.0 Å². The Bertz CT molecular complexity index is 1490. The van der Waals surface area contributed by atoms with Gasteiger partial charge in [0.15, 0.2) is 5.13 Å². The first-order valence-electron chi connectivity index (χ1n) is 12.0. The molecule has 0 N–H and O–H groups in total. The number of carbonyl (C=O) groups excluding carboxylic acids is 1. The molecule has 9 heteroatoms. The largest absolute Gasteiger partial charge is 0.283 e. The molecule has 36 heavy (non-hydrogen) atoms. The number of anilines is 1. The molecule has 0 aliphatic carbocycles. The Balaban J connectivity index is 1.47. The highest BCUT2D eigenvalue weighted by atomic mass is 32.2. The number of fused-ring (bicyclic) bond motifs is 1. The van der Waals surface area contributed by atoms with Gasteiger partial charge in [0, 0.05) is 25.5 Å². The molecule has 0 radical (unpaired) electrons. The fraction of sp³-hybridized carbons (Fsp3) is 0.296. The van der Waals surface area contributed by atoms with E-state index in [0.29, 0.717) is 31.1 Å². The number of hydrogen-bond acceptors (Lipinski definition) is 6. The van der Waals surface area contributed by atoms with Crippen LogP contribution in [0.1, 0.15) is 29.5 Å². The molecule has 1 saturated heterocycles. The molecule has 2 aromatic heterocycles. The molecule has 186 valence electrons. The SMILES string of the molecule is Cc1cc(C)c2sc(N(Cc3cccnc3)C(=O)C3CCCN(S(=O)(=O)c4ccccc4)C3)nc2c1. The zero-order chi connectivity index (χ0) is 25.3. The Hall–Kier alpha value is -3.14. The molecule has 3 heterocycles. The van der Waals surface area contributed by atoms with E-state index in [1.54, 1.807) is 47.6 Å². The minimum absolute atomic E-state index is 0.111. The second kappa shape index (κ2) is 10.1. The third kappa shape index (κ3) is 4.91. The average molecular weight is 521 g/mol. The van der Waals surface area contributed by atoms with Gasteiger partial charge < -0.3 is 0 Å². The number of aromatic nitrogens is 2. The van der Waals surface area contributed by atoms with Gasteiger partial charge in [0.25, 0.3) is 0 Å². The summed E-state index contributed by atoms with van der Waals surface area (Å²) < 4.78 is 29.0. The Morgan fingerprint density at radius 2 is 1.94 bits per heavy atom. The van der Waals surface area contributed by atoms with E-state index in [4.69, 9.17) is 4.98 Å². The predicted molar refractivity (Wildman–Crippen MR) is 142 cm³/mol. The maximum absolute atomic E-state index is 14.0. The van der Waals surface area contributed by atoms with Crippen LogP contribution in [0, 0.1) is 19.8 Å². The number of hydrogen-bond donors (Lipinski definition) is 0. The minimum Gasteiger partial charge on any atom is -0.283 e. The number of sulfonamides is 1. The van der Waals surface area contributed by atoms with Crippen LogP contribution in [0.2, 0.25) is 0 Å². The fourth-order valence-corrected chi connectivity index (χ4v) is 7.28. The van der Waals surface area contributed by atoms with Crippen molar-refractivity contribution in [2.45, 2.75) is 38.1 Å². The summed E-state index contributed by atoms with van der Waals surface area (Å²) in [6.07, 6.45) is 4.70. The number of rotatable bonds is 6. The van der Waals surface area contributed by atoms with Crippen LogP contribution >= 0.6 is 11.3 Å². The summed E-state index contributed by atoms with van der Waals surface area (Å²) in [7, 11) is -3.67. The van der Waals surface area contributed by atoms with E-state index in [0.717, 1.165) is 26.9 Å². The molecule has 7 nitrogen and oxygen atoms in total. The van der Waals surface area contributed by atoms with E-state index >= 15 is 0 Å². The summed E-state index contributed by atoms with van der Waals surface area (Å²) in [5.74, 6) is -0.566. The highest BCUT2D eigenvalue weighted by Gasteiger charge is 2.36. The van der Waals surface area contributed by atoms with Crippen molar-refractivity contribution in [3.05, 3.63) is 83.7 Å². The van der Waals surface area contributed by atoms with E-state index in [1.165, 1.54) is 15.6 Å². The minimum atomic E-state index is -3.67. The second-order valence-electron chi connectivity index (χ2n) is 9.23. The highest BCUT2D eigenvalue weighted by molar-refractivity contribution is 7.89. The monoisotopic (exact) mass is 520 g/mol. The van der Waals surface area contributed by atoms with Gasteiger partial charge >= 0.3 is 0 Å². The Labute approximate surface area is 215 Å².